The number of carbonyl (C=O) groups excluding carboxylic acids is 1. The first-order chi connectivity index (χ1) is 10.2. The summed E-state index contributed by atoms with van der Waals surface area (Å²) < 4.78 is 5.14. The molecule has 0 bridgehead atoms. The van der Waals surface area contributed by atoms with E-state index in [-0.39, 0.29) is 5.69 Å². The normalized spacial score (nSPS) is 10.6. The van der Waals surface area contributed by atoms with E-state index in [1.54, 1.807) is 31.1 Å². The molecule has 2 rings (SSSR count). The summed E-state index contributed by atoms with van der Waals surface area (Å²) in [6, 6.07) is 3.35. The number of fused-ring (bicyclic) bond motifs is 1. The first kappa shape index (κ1) is 15.7. The number of H-pyrrole nitrogens is 1. The van der Waals surface area contributed by atoms with Crippen LogP contribution >= 0.6 is 0 Å². The molecule has 0 unspecified atom stereocenters. The number of aromatic amines is 1. The van der Waals surface area contributed by atoms with Crippen LogP contribution in [0.3, 0.4) is 0 Å². The number of hydrogen-bond acceptors (Lipinski definition) is 5. The fraction of sp³-hybridized carbons (Fsp3) is 0.333. The number of esters is 1. The van der Waals surface area contributed by atoms with Crippen LogP contribution in [0.5, 0.6) is 5.75 Å². The molecule has 0 amide bonds. The topological polar surface area (TPSA) is 85.9 Å². The standard InChI is InChI=1S/C15H19N3O4/c1-8(19)22-9-6-10-12(11(7-9)17(2)3)14(18(4)5)13(16-10)15(20)21/h6-7,16H,1-5H3,(H,20,21). The van der Waals surface area contributed by atoms with Crippen molar-refractivity contribution in [2.45, 2.75) is 6.92 Å². The Morgan fingerprint density at radius 3 is 2.23 bits per heavy atom. The van der Waals surface area contributed by atoms with Crippen LogP contribution < -0.4 is 14.5 Å². The fourth-order valence-corrected chi connectivity index (χ4v) is 2.45. The van der Waals surface area contributed by atoms with Gasteiger partial charge in [-0.15, -0.1) is 0 Å². The fourth-order valence-electron chi connectivity index (χ4n) is 2.45. The summed E-state index contributed by atoms with van der Waals surface area (Å²) in [4.78, 5) is 29.1. The lowest BCUT2D eigenvalue weighted by Gasteiger charge is -2.19. The van der Waals surface area contributed by atoms with E-state index >= 15 is 0 Å². The maximum absolute atomic E-state index is 11.5. The number of anilines is 2. The monoisotopic (exact) mass is 305 g/mol. The first-order valence-corrected chi connectivity index (χ1v) is 6.68. The highest BCUT2D eigenvalue weighted by molar-refractivity contribution is 6.11. The van der Waals surface area contributed by atoms with Gasteiger partial charge in [-0.2, -0.15) is 0 Å². The first-order valence-electron chi connectivity index (χ1n) is 6.68. The molecule has 0 aliphatic rings. The van der Waals surface area contributed by atoms with Gasteiger partial charge in [0, 0.05) is 52.6 Å². The van der Waals surface area contributed by atoms with Gasteiger partial charge in [0.15, 0.2) is 0 Å². The summed E-state index contributed by atoms with van der Waals surface area (Å²) >= 11 is 0. The zero-order valence-electron chi connectivity index (χ0n) is 13.2. The van der Waals surface area contributed by atoms with E-state index in [2.05, 4.69) is 4.98 Å². The molecule has 0 aliphatic carbocycles. The molecule has 0 radical (unpaired) electrons. The van der Waals surface area contributed by atoms with Gasteiger partial charge in [0.2, 0.25) is 0 Å². The molecule has 7 heteroatoms. The number of hydrogen-bond donors (Lipinski definition) is 2. The minimum absolute atomic E-state index is 0.100. The second-order valence-corrected chi connectivity index (χ2v) is 5.40. The molecule has 1 aromatic heterocycles. The van der Waals surface area contributed by atoms with Gasteiger partial charge in [0.1, 0.15) is 11.4 Å². The summed E-state index contributed by atoms with van der Waals surface area (Å²) in [6.45, 7) is 1.32. The van der Waals surface area contributed by atoms with Gasteiger partial charge in [-0.1, -0.05) is 0 Å². The number of aromatic carboxylic acids is 1. The van der Waals surface area contributed by atoms with Crippen molar-refractivity contribution in [3.05, 3.63) is 17.8 Å². The molecule has 22 heavy (non-hydrogen) atoms. The summed E-state index contributed by atoms with van der Waals surface area (Å²) in [5.41, 5.74) is 2.05. The maximum atomic E-state index is 11.5. The third-order valence-electron chi connectivity index (χ3n) is 3.23. The zero-order valence-corrected chi connectivity index (χ0v) is 13.2. The Balaban J connectivity index is 2.84. The van der Waals surface area contributed by atoms with Crippen LogP contribution in [0.4, 0.5) is 11.4 Å². The third kappa shape index (κ3) is 2.69. The quantitative estimate of drug-likeness (QED) is 0.663. The summed E-state index contributed by atoms with van der Waals surface area (Å²) in [5, 5.41) is 10.2. The van der Waals surface area contributed by atoms with Crippen molar-refractivity contribution in [2.24, 2.45) is 0 Å². The molecule has 0 saturated carbocycles. The molecule has 0 saturated heterocycles. The second-order valence-electron chi connectivity index (χ2n) is 5.40. The van der Waals surface area contributed by atoms with Crippen molar-refractivity contribution >= 4 is 34.2 Å². The summed E-state index contributed by atoms with van der Waals surface area (Å²) in [6.07, 6.45) is 0. The van der Waals surface area contributed by atoms with Crippen molar-refractivity contribution in [2.75, 3.05) is 38.0 Å². The van der Waals surface area contributed by atoms with E-state index in [1.807, 2.05) is 19.0 Å². The molecule has 1 heterocycles. The molecule has 7 nitrogen and oxygen atoms in total. The molecule has 1 aromatic carbocycles. The molecule has 0 atom stereocenters. The van der Waals surface area contributed by atoms with Crippen LogP contribution in [0.25, 0.3) is 10.9 Å². The Morgan fingerprint density at radius 1 is 1.14 bits per heavy atom. The number of aromatic nitrogens is 1. The van der Waals surface area contributed by atoms with Gasteiger partial charge in [-0.25, -0.2) is 4.79 Å². The Labute approximate surface area is 128 Å². The summed E-state index contributed by atoms with van der Waals surface area (Å²) in [7, 11) is 7.27. The van der Waals surface area contributed by atoms with Crippen LogP contribution in [0.2, 0.25) is 0 Å². The Hall–Kier alpha value is -2.70. The van der Waals surface area contributed by atoms with E-state index in [0.717, 1.165) is 11.1 Å². The highest BCUT2D eigenvalue weighted by Gasteiger charge is 2.23. The number of benzene rings is 1. The molecule has 118 valence electrons. The number of carbonyl (C=O) groups is 2. The lowest BCUT2D eigenvalue weighted by Crippen LogP contribution is -2.15. The lowest BCUT2D eigenvalue weighted by molar-refractivity contribution is -0.131. The van der Waals surface area contributed by atoms with Crippen molar-refractivity contribution in [1.29, 1.82) is 0 Å². The number of carboxylic acids is 1. The average Bonchev–Trinajstić information content (AvgIpc) is 2.76. The maximum Gasteiger partial charge on any atom is 0.354 e. The highest BCUT2D eigenvalue weighted by atomic mass is 16.5. The van der Waals surface area contributed by atoms with Gasteiger partial charge < -0.3 is 24.6 Å². The van der Waals surface area contributed by atoms with E-state index in [9.17, 15) is 14.7 Å². The van der Waals surface area contributed by atoms with Gasteiger partial charge >= 0.3 is 11.9 Å². The highest BCUT2D eigenvalue weighted by Crippen LogP contribution is 2.39. The number of rotatable bonds is 4. The molecule has 2 aromatic rings. The van der Waals surface area contributed by atoms with Crippen molar-refractivity contribution in [1.82, 2.24) is 4.98 Å². The van der Waals surface area contributed by atoms with Crippen molar-refractivity contribution in [3.63, 3.8) is 0 Å². The lowest BCUT2D eigenvalue weighted by atomic mass is 10.1. The largest absolute Gasteiger partial charge is 0.477 e. The molecular formula is C15H19N3O4. The minimum atomic E-state index is -1.04. The van der Waals surface area contributed by atoms with Gasteiger partial charge in [-0.3, -0.25) is 4.79 Å². The van der Waals surface area contributed by atoms with E-state index in [0.29, 0.717) is 17.0 Å². The van der Waals surface area contributed by atoms with Crippen LogP contribution in [0.1, 0.15) is 17.4 Å². The molecule has 0 spiro atoms. The Morgan fingerprint density at radius 2 is 1.77 bits per heavy atom. The number of nitrogens with zero attached hydrogens (tertiary/aromatic N) is 2. The summed E-state index contributed by atoms with van der Waals surface area (Å²) in [5.74, 6) is -1.10. The van der Waals surface area contributed by atoms with Crippen LogP contribution in [-0.4, -0.2) is 50.2 Å². The molecule has 0 aliphatic heterocycles. The zero-order chi connectivity index (χ0) is 16.6. The minimum Gasteiger partial charge on any atom is -0.477 e. The molecule has 2 N–H and O–H groups in total. The van der Waals surface area contributed by atoms with Crippen LogP contribution in [0, 0.1) is 0 Å². The van der Waals surface area contributed by atoms with Gasteiger partial charge in [0.25, 0.3) is 0 Å². The SMILES string of the molecule is CC(=O)Oc1cc(N(C)C)c2c(N(C)C)c(C(=O)O)[nH]c2c1. The average molecular weight is 305 g/mol. The predicted octanol–water partition coefficient (Wildman–Crippen LogP) is 1.92. The van der Waals surface area contributed by atoms with Crippen molar-refractivity contribution < 1.29 is 19.4 Å². The predicted molar refractivity (Wildman–Crippen MR) is 85.2 cm³/mol. The van der Waals surface area contributed by atoms with Gasteiger partial charge in [0.05, 0.1) is 16.9 Å². The number of ether oxygens (including phenoxy) is 1. The van der Waals surface area contributed by atoms with E-state index < -0.39 is 11.9 Å². The smallest absolute Gasteiger partial charge is 0.354 e. The molecular weight excluding hydrogens is 286 g/mol. The van der Waals surface area contributed by atoms with E-state index in [1.165, 1.54) is 6.92 Å². The van der Waals surface area contributed by atoms with E-state index in [4.69, 9.17) is 4.74 Å². The second kappa shape index (κ2) is 5.59. The van der Waals surface area contributed by atoms with Crippen molar-refractivity contribution in [3.8, 4) is 5.75 Å². The third-order valence-corrected chi connectivity index (χ3v) is 3.23. The Bertz CT molecular complexity index is 747. The number of nitrogens with one attached hydrogen (secondary N) is 1. The van der Waals surface area contributed by atoms with Gasteiger partial charge in [-0.05, 0) is 0 Å². The van der Waals surface area contributed by atoms with Crippen LogP contribution in [0.15, 0.2) is 12.1 Å². The Kier molecular flexibility index (Phi) is 3.99. The number of carboxylic acid groups (broad SMARTS) is 1. The van der Waals surface area contributed by atoms with Crippen LogP contribution in [-0.2, 0) is 4.79 Å². The molecule has 0 fully saturated rings.